The molecule has 0 fully saturated rings. The molecule has 2 atom stereocenters. The Balaban J connectivity index is 0.000000194. The molecule has 0 saturated heterocycles. The zero-order chi connectivity index (χ0) is 58.5. The lowest BCUT2D eigenvalue weighted by Gasteiger charge is -2.14. The van der Waals surface area contributed by atoms with Crippen LogP contribution in [0.3, 0.4) is 0 Å². The number of hydrogen-bond acceptors (Lipinski definition) is 14. The van der Waals surface area contributed by atoms with Gasteiger partial charge in [-0.3, -0.25) is 15.0 Å². The first-order chi connectivity index (χ1) is 38.8. The molecule has 21 heteroatoms. The highest BCUT2D eigenvalue weighted by atomic mass is 32.2. The third-order valence-corrected chi connectivity index (χ3v) is 14.5. The van der Waals surface area contributed by atoms with Crippen molar-refractivity contribution in [3.8, 4) is 29.1 Å². The van der Waals surface area contributed by atoms with Gasteiger partial charge in [0.2, 0.25) is 21.3 Å². The summed E-state index contributed by atoms with van der Waals surface area (Å²) in [5.41, 5.74) is 9.58. The molecule has 0 saturated carbocycles. The van der Waals surface area contributed by atoms with Gasteiger partial charge in [-0.05, 0) is 143 Å². The van der Waals surface area contributed by atoms with Crippen molar-refractivity contribution in [3.05, 3.63) is 188 Å². The maximum atomic E-state index is 13.1. The Bertz CT molecular complexity index is 3870. The van der Waals surface area contributed by atoms with Crippen LogP contribution in [0.2, 0.25) is 0 Å². The second-order valence-corrected chi connectivity index (χ2v) is 20.8. The van der Waals surface area contributed by atoms with Crippen LogP contribution < -0.4 is 19.5 Å². The summed E-state index contributed by atoms with van der Waals surface area (Å²) in [5.74, 6) is 2.01. The summed E-state index contributed by atoms with van der Waals surface area (Å²) in [6.07, 6.45) is 3.18. The second kappa shape index (κ2) is 26.5. The number of fused-ring (bicyclic) bond motifs is 2. The van der Waals surface area contributed by atoms with E-state index in [2.05, 4.69) is 46.6 Å². The van der Waals surface area contributed by atoms with Crippen LogP contribution in [0, 0.1) is 39.0 Å². The van der Waals surface area contributed by atoms with Crippen molar-refractivity contribution < 1.29 is 41.7 Å². The van der Waals surface area contributed by atoms with Crippen LogP contribution in [0.4, 0.5) is 0 Å². The molecular formula is C60H65N11O9S. The van der Waals surface area contributed by atoms with Gasteiger partial charge in [-0.25, -0.2) is 32.2 Å². The van der Waals surface area contributed by atoms with Crippen LogP contribution in [-0.4, -0.2) is 86.7 Å². The number of H-pyrrole nitrogens is 2. The smallest absolute Gasteiger partial charge is 0.337 e. The summed E-state index contributed by atoms with van der Waals surface area (Å²) in [5, 5.41) is 30.9. The van der Waals surface area contributed by atoms with E-state index in [1.807, 2.05) is 96.1 Å². The van der Waals surface area contributed by atoms with Crippen LogP contribution in [0.15, 0.2) is 126 Å². The van der Waals surface area contributed by atoms with E-state index in [-0.39, 0.29) is 16.7 Å². The number of nitrogens with zero attached hydrogens (tertiary/aromatic N) is 7. The minimum Gasteiger partial charge on any atom is -0.465 e. The van der Waals surface area contributed by atoms with Crippen LogP contribution in [0.25, 0.3) is 17.4 Å². The van der Waals surface area contributed by atoms with E-state index in [1.165, 1.54) is 19.8 Å². The molecular weight excluding hydrogens is 1050 g/mol. The van der Waals surface area contributed by atoms with Crippen molar-refractivity contribution in [1.82, 2.24) is 49.7 Å². The van der Waals surface area contributed by atoms with Gasteiger partial charge >= 0.3 is 11.9 Å². The van der Waals surface area contributed by atoms with E-state index in [4.69, 9.17) is 24.2 Å². The van der Waals surface area contributed by atoms with Gasteiger partial charge in [0, 0.05) is 23.6 Å². The van der Waals surface area contributed by atoms with Gasteiger partial charge in [0.1, 0.15) is 11.5 Å². The number of amides is 1. The Morgan fingerprint density at radius 1 is 0.728 bits per heavy atom. The van der Waals surface area contributed by atoms with Crippen molar-refractivity contribution in [2.45, 2.75) is 92.0 Å². The number of ether oxygens (including phenoxy) is 4. The normalized spacial score (nSPS) is 12.0. The number of aromatic amines is 2. The number of sulfonamides is 1. The maximum Gasteiger partial charge on any atom is 0.337 e. The summed E-state index contributed by atoms with van der Waals surface area (Å²) in [6.45, 7) is 17.4. The topological polar surface area (TPSA) is 262 Å². The molecule has 81 heavy (non-hydrogen) atoms. The molecule has 2 unspecified atom stereocenters. The number of nitriles is 1. The lowest BCUT2D eigenvalue weighted by Crippen LogP contribution is -2.29. The van der Waals surface area contributed by atoms with E-state index >= 15 is 0 Å². The van der Waals surface area contributed by atoms with Gasteiger partial charge < -0.3 is 24.3 Å². The fraction of sp³-hybridized carbons (Fsp3) is 0.267. The van der Waals surface area contributed by atoms with Gasteiger partial charge in [0.25, 0.3) is 5.91 Å². The molecule has 4 N–H and O–H groups in total. The second-order valence-electron chi connectivity index (χ2n) is 19.1. The highest BCUT2D eigenvalue weighted by molar-refractivity contribution is 7.89. The minimum atomic E-state index is -3.79. The first-order valence-corrected chi connectivity index (χ1v) is 27.5. The highest BCUT2D eigenvalue weighted by Crippen LogP contribution is 2.33. The van der Waals surface area contributed by atoms with Crippen molar-refractivity contribution in [3.63, 3.8) is 0 Å². The van der Waals surface area contributed by atoms with Crippen molar-refractivity contribution in [2.75, 3.05) is 20.8 Å². The summed E-state index contributed by atoms with van der Waals surface area (Å²) in [7, 11) is -1.13. The van der Waals surface area contributed by atoms with E-state index < -0.39 is 28.0 Å². The van der Waals surface area contributed by atoms with Gasteiger partial charge in [-0.2, -0.15) is 5.26 Å². The average molecular weight is 1120 g/mol. The van der Waals surface area contributed by atoms with Crippen LogP contribution in [0.1, 0.15) is 129 Å². The predicted molar refractivity (Wildman–Crippen MR) is 306 cm³/mol. The van der Waals surface area contributed by atoms with Crippen molar-refractivity contribution in [2.24, 2.45) is 0 Å². The molecule has 0 aliphatic carbocycles. The van der Waals surface area contributed by atoms with Crippen molar-refractivity contribution in [1.29, 1.82) is 5.26 Å². The van der Waals surface area contributed by atoms with E-state index in [9.17, 15) is 22.8 Å². The highest BCUT2D eigenvalue weighted by Gasteiger charge is 2.27. The third kappa shape index (κ3) is 14.5. The average Bonchev–Trinajstić information content (AvgIpc) is 4.43. The molecule has 9 rings (SSSR count). The molecule has 0 aliphatic rings. The van der Waals surface area contributed by atoms with Gasteiger partial charge in [0.05, 0.1) is 53.7 Å². The summed E-state index contributed by atoms with van der Waals surface area (Å²) >= 11 is 0. The summed E-state index contributed by atoms with van der Waals surface area (Å²) in [4.78, 5) is 40.8. The van der Waals surface area contributed by atoms with Crippen LogP contribution in [0.5, 0.6) is 23.0 Å². The third-order valence-electron chi connectivity index (χ3n) is 12.8. The summed E-state index contributed by atoms with van der Waals surface area (Å²) in [6, 6.07) is 35.5. The first kappa shape index (κ1) is 59.3. The standard InChI is InChI=1S/C25H27N5O4.C24H27N5O5S.C11H11N/c1-5-20-21(34-18-12-10-17(11-13-18)25(32)33-4)23-27-22(29-30(23)28-20)16(3)14-26-24(31)19-9-7-6-8-15(19)2;1-6-19-21(34-18-11-9-17(10-12-18)24(30)33-5)23-26-25-22(29(23)27-19)16(4)28-35(31,32)20-13-14(2)7-8-15(20)3;1-9-3-5-11(6-4-9)7-10(2)8-12/h6-13,16,28H,5,14H2,1-4H3,(H,26,31);7-13,16,27-28H,6H2,1-5H3;3-7H,1-2H3/b;;10-7-. The van der Waals surface area contributed by atoms with Gasteiger partial charge in [0.15, 0.2) is 23.1 Å². The number of aromatic nitrogens is 8. The van der Waals surface area contributed by atoms with Crippen molar-refractivity contribution >= 4 is 45.2 Å². The number of aryl methyl sites for hydroxylation is 6. The van der Waals surface area contributed by atoms with Crippen LogP contribution in [-0.2, 0) is 32.3 Å². The molecule has 5 aromatic carbocycles. The molecule has 420 valence electrons. The van der Waals surface area contributed by atoms with Gasteiger partial charge in [-0.15, -0.1) is 19.9 Å². The molecule has 4 aromatic heterocycles. The Morgan fingerprint density at radius 3 is 1.86 bits per heavy atom. The number of benzene rings is 5. The number of rotatable bonds is 17. The zero-order valence-electron chi connectivity index (χ0n) is 47.0. The lowest BCUT2D eigenvalue weighted by molar-refractivity contribution is 0.0592. The lowest BCUT2D eigenvalue weighted by atomic mass is 10.1. The maximum absolute atomic E-state index is 13.1. The Morgan fingerprint density at radius 2 is 1.30 bits per heavy atom. The number of hydrogen-bond donors (Lipinski definition) is 4. The fourth-order valence-corrected chi connectivity index (χ4v) is 9.79. The number of carbonyl (C=O) groups excluding carboxylic acids is 3. The Hall–Kier alpha value is -9.39. The monoisotopic (exact) mass is 1120 g/mol. The molecule has 4 heterocycles. The molecule has 0 spiro atoms. The molecule has 0 radical (unpaired) electrons. The molecule has 9 aromatic rings. The summed E-state index contributed by atoms with van der Waals surface area (Å²) < 4.78 is 53.7. The Labute approximate surface area is 470 Å². The molecule has 0 aliphatic heterocycles. The van der Waals surface area contributed by atoms with Crippen LogP contribution >= 0.6 is 0 Å². The number of nitrogens with one attached hydrogen (secondary N) is 4. The predicted octanol–water partition coefficient (Wildman–Crippen LogP) is 10.8. The van der Waals surface area contributed by atoms with E-state index in [0.717, 1.165) is 33.7 Å². The largest absolute Gasteiger partial charge is 0.465 e. The van der Waals surface area contributed by atoms with Gasteiger partial charge in [-0.1, -0.05) is 80.9 Å². The molecule has 0 bridgehead atoms. The quantitative estimate of drug-likeness (QED) is 0.0488. The van der Waals surface area contributed by atoms with E-state index in [1.54, 1.807) is 96.6 Å². The minimum absolute atomic E-state index is 0.112. The first-order valence-electron chi connectivity index (χ1n) is 26.0. The SMILES string of the molecule is C/C(C#N)=C/c1ccc(C)cc1.CCc1[nH]n2c(C(C)NS(=O)(=O)c3cc(C)ccc3C)nnc2c1Oc1ccc(C(=O)OC)cc1.CCc1[nH]n2nc(C(C)CNC(=O)c3ccccc3C)nc2c1Oc1ccc(C(=O)OC)cc1. The zero-order valence-corrected chi connectivity index (χ0v) is 47.9. The number of allylic oxidation sites excluding steroid dienone is 1. The molecule has 20 nitrogen and oxygen atoms in total. The number of carbonyl (C=O) groups is 3. The fourth-order valence-electron chi connectivity index (χ4n) is 8.26. The molecule has 1 amide bonds. The number of esters is 2. The number of methoxy groups -OCH3 is 2. The van der Waals surface area contributed by atoms with E-state index in [0.29, 0.717) is 87.6 Å². The Kier molecular flexibility index (Phi) is 19.4.